The average molecular weight is 341 g/mol. The Morgan fingerprint density at radius 3 is 2.08 bits per heavy atom. The molecular formula is C19H19NO5. The first kappa shape index (κ1) is 16.0. The fourth-order valence-electron chi connectivity index (χ4n) is 4.25. The van der Waals surface area contributed by atoms with Gasteiger partial charge in [-0.05, 0) is 45.0 Å². The van der Waals surface area contributed by atoms with Gasteiger partial charge < -0.3 is 9.47 Å². The number of rotatable bonds is 3. The van der Waals surface area contributed by atoms with Gasteiger partial charge in [-0.3, -0.25) is 9.59 Å². The van der Waals surface area contributed by atoms with Crippen LogP contribution < -0.4 is 4.90 Å². The summed E-state index contributed by atoms with van der Waals surface area (Å²) in [5.41, 5.74) is -0.643. The predicted octanol–water partition coefficient (Wildman–Crippen LogP) is 2.09. The molecule has 2 amide bonds. The summed E-state index contributed by atoms with van der Waals surface area (Å²) in [6, 6.07) is 6.33. The lowest BCUT2D eigenvalue weighted by Gasteiger charge is -2.25. The van der Waals surface area contributed by atoms with Crippen molar-refractivity contribution in [2.75, 3.05) is 11.5 Å². The normalized spacial score (nSPS) is 35.4. The van der Waals surface area contributed by atoms with Gasteiger partial charge in [0, 0.05) is 0 Å². The van der Waals surface area contributed by atoms with Gasteiger partial charge in [-0.2, -0.15) is 0 Å². The average Bonchev–Trinajstić information content (AvgIpc) is 3.12. The zero-order valence-corrected chi connectivity index (χ0v) is 14.3. The monoisotopic (exact) mass is 341 g/mol. The Morgan fingerprint density at radius 1 is 1.08 bits per heavy atom. The van der Waals surface area contributed by atoms with E-state index in [1.165, 1.54) is 4.90 Å². The van der Waals surface area contributed by atoms with E-state index in [1.54, 1.807) is 31.2 Å². The van der Waals surface area contributed by atoms with Crippen molar-refractivity contribution in [1.82, 2.24) is 0 Å². The zero-order chi connectivity index (χ0) is 18.0. The van der Waals surface area contributed by atoms with Gasteiger partial charge in [-0.25, -0.2) is 9.69 Å². The lowest BCUT2D eigenvalue weighted by Crippen LogP contribution is -2.39. The number of ether oxygens (including phenoxy) is 2. The lowest BCUT2D eigenvalue weighted by atomic mass is 9.73. The molecule has 0 radical (unpaired) electrons. The molecule has 2 bridgehead atoms. The van der Waals surface area contributed by atoms with E-state index in [0.717, 1.165) is 0 Å². The second-order valence-electron chi connectivity index (χ2n) is 7.04. The van der Waals surface area contributed by atoms with Crippen LogP contribution in [-0.2, 0) is 19.1 Å². The van der Waals surface area contributed by atoms with E-state index < -0.39 is 29.0 Å². The number of hydrogen-bond donors (Lipinski definition) is 0. The number of carbonyl (C=O) groups is 3. The first-order valence-corrected chi connectivity index (χ1v) is 8.36. The Hall–Kier alpha value is -2.47. The molecule has 1 aromatic carbocycles. The molecule has 3 aliphatic heterocycles. The summed E-state index contributed by atoms with van der Waals surface area (Å²) in [6.07, 6.45) is 3.76. The van der Waals surface area contributed by atoms with Crippen molar-refractivity contribution in [2.45, 2.75) is 32.0 Å². The van der Waals surface area contributed by atoms with Gasteiger partial charge in [-0.1, -0.05) is 12.2 Å². The first-order chi connectivity index (χ1) is 11.8. The lowest BCUT2D eigenvalue weighted by molar-refractivity contribution is -0.128. The van der Waals surface area contributed by atoms with Crippen LogP contribution in [0.15, 0.2) is 36.4 Å². The quantitative estimate of drug-likeness (QED) is 0.478. The molecule has 130 valence electrons. The fraction of sp³-hybridized carbons (Fsp3) is 0.421. The topological polar surface area (TPSA) is 72.9 Å². The fourth-order valence-corrected chi connectivity index (χ4v) is 4.25. The van der Waals surface area contributed by atoms with Crippen LogP contribution in [0.1, 0.15) is 31.1 Å². The number of amides is 2. The third kappa shape index (κ3) is 2.03. The van der Waals surface area contributed by atoms with Crippen molar-refractivity contribution in [1.29, 1.82) is 0 Å². The van der Waals surface area contributed by atoms with Gasteiger partial charge in [0.2, 0.25) is 11.8 Å². The maximum absolute atomic E-state index is 13.0. The molecule has 3 aliphatic rings. The number of esters is 1. The van der Waals surface area contributed by atoms with Crippen LogP contribution in [0.25, 0.3) is 0 Å². The summed E-state index contributed by atoms with van der Waals surface area (Å²) < 4.78 is 10.9. The van der Waals surface area contributed by atoms with Crippen LogP contribution in [0.5, 0.6) is 0 Å². The van der Waals surface area contributed by atoms with E-state index in [2.05, 4.69) is 0 Å². The highest BCUT2D eigenvalue weighted by Crippen LogP contribution is 2.57. The highest BCUT2D eigenvalue weighted by atomic mass is 16.5. The molecule has 3 heterocycles. The van der Waals surface area contributed by atoms with Crippen LogP contribution >= 0.6 is 0 Å². The second kappa shape index (κ2) is 5.02. The van der Waals surface area contributed by atoms with E-state index in [0.29, 0.717) is 11.3 Å². The molecule has 0 N–H and O–H groups in total. The minimum atomic E-state index is -0.744. The number of nitrogens with zero attached hydrogens (tertiary/aromatic N) is 1. The summed E-state index contributed by atoms with van der Waals surface area (Å²) in [7, 11) is 0. The summed E-state index contributed by atoms with van der Waals surface area (Å²) in [4.78, 5) is 38.9. The zero-order valence-electron chi connectivity index (χ0n) is 14.3. The molecule has 0 saturated carbocycles. The van der Waals surface area contributed by atoms with Crippen LogP contribution in [0.3, 0.4) is 0 Å². The van der Waals surface area contributed by atoms with Crippen LogP contribution in [0, 0.1) is 11.8 Å². The van der Waals surface area contributed by atoms with Crippen molar-refractivity contribution in [3.63, 3.8) is 0 Å². The molecule has 25 heavy (non-hydrogen) atoms. The van der Waals surface area contributed by atoms with E-state index in [-0.39, 0.29) is 18.4 Å². The van der Waals surface area contributed by atoms with E-state index in [1.807, 2.05) is 26.0 Å². The second-order valence-corrected chi connectivity index (χ2v) is 7.04. The Morgan fingerprint density at radius 2 is 1.60 bits per heavy atom. The third-order valence-electron chi connectivity index (χ3n) is 5.36. The van der Waals surface area contributed by atoms with Gasteiger partial charge in [0.25, 0.3) is 0 Å². The number of benzene rings is 1. The van der Waals surface area contributed by atoms with Crippen LogP contribution in [0.2, 0.25) is 0 Å². The minimum Gasteiger partial charge on any atom is -0.462 e. The Bertz CT molecular complexity index is 778. The number of hydrogen-bond acceptors (Lipinski definition) is 5. The van der Waals surface area contributed by atoms with Gasteiger partial charge in [0.15, 0.2) is 0 Å². The molecule has 1 aromatic rings. The standard InChI is InChI=1S/C19H19NO5/c1-4-24-17(23)11-5-7-12(8-6-11)20-15(21)13-14(16(20)22)19(3)10-9-18(13,2)25-19/h5-10,13-14H,4H2,1-3H3/t13-,14-,18+,19+/m0/s1. The summed E-state index contributed by atoms with van der Waals surface area (Å²) in [5.74, 6) is -1.97. The minimum absolute atomic E-state index is 0.255. The highest BCUT2D eigenvalue weighted by molar-refractivity contribution is 6.23. The molecule has 6 heteroatoms. The smallest absolute Gasteiger partial charge is 0.338 e. The molecule has 2 saturated heterocycles. The number of carbonyl (C=O) groups excluding carboxylic acids is 3. The Balaban J connectivity index is 1.66. The van der Waals surface area contributed by atoms with Gasteiger partial charge in [0.05, 0.1) is 40.9 Å². The molecule has 0 aromatic heterocycles. The number of anilines is 1. The first-order valence-electron chi connectivity index (χ1n) is 8.36. The Kier molecular flexibility index (Phi) is 3.22. The number of imide groups is 1. The number of fused-ring (bicyclic) bond motifs is 5. The molecule has 0 aliphatic carbocycles. The summed E-state index contributed by atoms with van der Waals surface area (Å²) in [6.45, 7) is 5.71. The molecule has 6 nitrogen and oxygen atoms in total. The van der Waals surface area contributed by atoms with Gasteiger partial charge >= 0.3 is 5.97 Å². The van der Waals surface area contributed by atoms with Crippen molar-refractivity contribution < 1.29 is 23.9 Å². The van der Waals surface area contributed by atoms with E-state index >= 15 is 0 Å². The SMILES string of the molecule is CCOC(=O)c1ccc(N2C(=O)[C@@H]3[C@@H](C2=O)[C@@]2(C)C=C[C@@]3(C)O2)cc1. The van der Waals surface area contributed by atoms with Crippen LogP contribution in [-0.4, -0.2) is 35.6 Å². The summed E-state index contributed by atoms with van der Waals surface area (Å²) >= 11 is 0. The predicted molar refractivity (Wildman–Crippen MR) is 88.9 cm³/mol. The molecule has 0 unspecified atom stereocenters. The molecule has 4 rings (SSSR count). The molecule has 0 spiro atoms. The van der Waals surface area contributed by atoms with Gasteiger partial charge in [-0.15, -0.1) is 0 Å². The van der Waals surface area contributed by atoms with Crippen molar-refractivity contribution in [3.05, 3.63) is 42.0 Å². The van der Waals surface area contributed by atoms with Crippen molar-refractivity contribution in [2.24, 2.45) is 11.8 Å². The van der Waals surface area contributed by atoms with Crippen molar-refractivity contribution in [3.8, 4) is 0 Å². The van der Waals surface area contributed by atoms with Crippen LogP contribution in [0.4, 0.5) is 5.69 Å². The summed E-state index contributed by atoms with van der Waals surface area (Å²) in [5, 5.41) is 0. The molecular weight excluding hydrogens is 322 g/mol. The Labute approximate surface area is 145 Å². The van der Waals surface area contributed by atoms with E-state index in [9.17, 15) is 14.4 Å². The largest absolute Gasteiger partial charge is 0.462 e. The molecule has 4 atom stereocenters. The third-order valence-corrected chi connectivity index (χ3v) is 5.36. The van der Waals surface area contributed by atoms with E-state index in [4.69, 9.17) is 9.47 Å². The highest BCUT2D eigenvalue weighted by Gasteiger charge is 2.70. The van der Waals surface area contributed by atoms with Crippen molar-refractivity contribution >= 4 is 23.5 Å². The maximum Gasteiger partial charge on any atom is 0.338 e. The molecule has 2 fully saturated rings. The maximum atomic E-state index is 13.0. The van der Waals surface area contributed by atoms with Gasteiger partial charge in [0.1, 0.15) is 0 Å².